The second kappa shape index (κ2) is 8.93. The molecule has 3 aromatic rings. The minimum absolute atomic E-state index is 0.280. The fourth-order valence-electron chi connectivity index (χ4n) is 2.89. The van der Waals surface area contributed by atoms with Gasteiger partial charge in [0.15, 0.2) is 0 Å². The zero-order valence-electron chi connectivity index (χ0n) is 15.6. The van der Waals surface area contributed by atoms with Crippen molar-refractivity contribution in [1.29, 1.82) is 0 Å². The minimum atomic E-state index is -1.44. The highest BCUT2D eigenvalue weighted by molar-refractivity contribution is 9.10. The molecule has 0 aliphatic carbocycles. The molecule has 0 spiro atoms. The first kappa shape index (κ1) is 20.6. The van der Waals surface area contributed by atoms with Crippen molar-refractivity contribution in [2.75, 3.05) is 0 Å². The van der Waals surface area contributed by atoms with Crippen LogP contribution in [0.15, 0.2) is 87.8 Å². The van der Waals surface area contributed by atoms with E-state index in [1.165, 1.54) is 0 Å². The average molecular weight is 504 g/mol. The number of para-hydroxylation sites is 1. The van der Waals surface area contributed by atoms with Crippen LogP contribution in [0.2, 0.25) is 0 Å². The van der Waals surface area contributed by atoms with Crippen LogP contribution in [0.1, 0.15) is 25.0 Å². The summed E-state index contributed by atoms with van der Waals surface area (Å²) in [4.78, 5) is 13.5. The first-order valence-corrected chi connectivity index (χ1v) is 10.5. The molecule has 0 aromatic heterocycles. The maximum atomic E-state index is 13.5. The molecule has 0 bridgehead atoms. The Morgan fingerprint density at radius 1 is 0.786 bits per heavy atom. The van der Waals surface area contributed by atoms with E-state index in [9.17, 15) is 4.79 Å². The first-order chi connectivity index (χ1) is 13.4. The van der Waals surface area contributed by atoms with Gasteiger partial charge in [-0.1, -0.05) is 74.3 Å². The van der Waals surface area contributed by atoms with Crippen LogP contribution in [0.3, 0.4) is 0 Å². The van der Waals surface area contributed by atoms with Gasteiger partial charge in [0, 0.05) is 20.1 Å². The zero-order valence-corrected chi connectivity index (χ0v) is 18.7. The maximum absolute atomic E-state index is 13.5. The molecule has 0 fully saturated rings. The molecule has 144 valence electrons. The van der Waals surface area contributed by atoms with Gasteiger partial charge in [-0.2, -0.15) is 0 Å². The third kappa shape index (κ3) is 4.47. The van der Waals surface area contributed by atoms with Crippen LogP contribution in [-0.2, 0) is 15.1 Å². The third-order valence-corrected chi connectivity index (χ3v) is 5.20. The van der Waals surface area contributed by atoms with Crippen molar-refractivity contribution in [3.8, 4) is 5.75 Å². The van der Waals surface area contributed by atoms with Crippen molar-refractivity contribution in [2.24, 2.45) is 0 Å². The lowest BCUT2D eigenvalue weighted by Crippen LogP contribution is -2.45. The summed E-state index contributed by atoms with van der Waals surface area (Å²) in [5.41, 5.74) is -0.0624. The van der Waals surface area contributed by atoms with Crippen LogP contribution >= 0.6 is 31.9 Å². The van der Waals surface area contributed by atoms with Gasteiger partial charge < -0.3 is 9.47 Å². The Morgan fingerprint density at radius 2 is 1.25 bits per heavy atom. The Balaban J connectivity index is 2.24. The van der Waals surface area contributed by atoms with Gasteiger partial charge in [0.2, 0.25) is 0 Å². The lowest BCUT2D eigenvalue weighted by Gasteiger charge is -2.34. The van der Waals surface area contributed by atoms with E-state index in [2.05, 4.69) is 31.9 Å². The number of benzene rings is 3. The van der Waals surface area contributed by atoms with Gasteiger partial charge in [-0.05, 0) is 50.2 Å². The molecule has 3 nitrogen and oxygen atoms in total. The number of carbonyl (C=O) groups excluding carboxylic acids is 1. The van der Waals surface area contributed by atoms with Gasteiger partial charge in [0.25, 0.3) is 5.60 Å². The van der Waals surface area contributed by atoms with E-state index in [-0.39, 0.29) is 6.10 Å². The van der Waals surface area contributed by atoms with Crippen molar-refractivity contribution in [3.63, 3.8) is 0 Å². The standard InChI is InChI=1S/C23H20Br2O3/c1-16(2)27-22(26)23(17-8-12-19(24)13-9-17,18-10-14-20(25)15-11-18)28-21-6-4-3-5-7-21/h3-16H,1-2H3. The molecule has 0 saturated heterocycles. The van der Waals surface area contributed by atoms with Crippen LogP contribution in [0.25, 0.3) is 0 Å². The molecule has 0 amide bonds. The molecule has 0 radical (unpaired) electrons. The highest BCUT2D eigenvalue weighted by Crippen LogP contribution is 2.38. The lowest BCUT2D eigenvalue weighted by atomic mass is 9.85. The molecule has 0 atom stereocenters. The van der Waals surface area contributed by atoms with E-state index in [4.69, 9.17) is 9.47 Å². The van der Waals surface area contributed by atoms with E-state index in [0.29, 0.717) is 16.9 Å². The SMILES string of the molecule is CC(C)OC(=O)C(Oc1ccccc1)(c1ccc(Br)cc1)c1ccc(Br)cc1. The Kier molecular flexibility index (Phi) is 6.57. The Bertz CT molecular complexity index is 875. The third-order valence-electron chi connectivity index (χ3n) is 4.15. The predicted molar refractivity (Wildman–Crippen MR) is 117 cm³/mol. The van der Waals surface area contributed by atoms with Crippen LogP contribution in [0.4, 0.5) is 0 Å². The number of rotatable bonds is 6. The number of hydrogen-bond acceptors (Lipinski definition) is 3. The van der Waals surface area contributed by atoms with E-state index in [1.54, 1.807) is 0 Å². The van der Waals surface area contributed by atoms with Crippen molar-refractivity contribution in [1.82, 2.24) is 0 Å². The Hall–Kier alpha value is -2.11. The largest absolute Gasteiger partial charge is 0.466 e. The summed E-state index contributed by atoms with van der Waals surface area (Å²) in [6.45, 7) is 3.66. The maximum Gasteiger partial charge on any atom is 0.360 e. The Labute approximate surface area is 181 Å². The molecule has 5 heteroatoms. The van der Waals surface area contributed by atoms with Gasteiger partial charge in [-0.3, -0.25) is 0 Å². The zero-order chi connectivity index (χ0) is 20.1. The predicted octanol–water partition coefficient (Wildman–Crippen LogP) is 6.49. The fraction of sp³-hybridized carbons (Fsp3) is 0.174. The lowest BCUT2D eigenvalue weighted by molar-refractivity contribution is -0.163. The Morgan fingerprint density at radius 3 is 1.68 bits per heavy atom. The van der Waals surface area contributed by atoms with Crippen LogP contribution < -0.4 is 4.74 Å². The number of halogens is 2. The highest BCUT2D eigenvalue weighted by Gasteiger charge is 2.47. The topological polar surface area (TPSA) is 35.5 Å². The van der Waals surface area contributed by atoms with E-state index in [0.717, 1.165) is 8.95 Å². The second-order valence-corrected chi connectivity index (χ2v) is 8.40. The van der Waals surface area contributed by atoms with Gasteiger partial charge in [0.1, 0.15) is 5.75 Å². The summed E-state index contributed by atoms with van der Waals surface area (Å²) < 4.78 is 13.9. The molecule has 3 aromatic carbocycles. The van der Waals surface area contributed by atoms with Gasteiger partial charge in [0.05, 0.1) is 6.10 Å². The summed E-state index contributed by atoms with van der Waals surface area (Å²) in [5.74, 6) is 0.116. The first-order valence-electron chi connectivity index (χ1n) is 8.89. The molecule has 0 saturated carbocycles. The number of carbonyl (C=O) groups is 1. The van der Waals surface area contributed by atoms with E-state index in [1.807, 2.05) is 92.7 Å². The molecule has 0 N–H and O–H groups in total. The molecule has 3 rings (SSSR count). The molecule has 0 aliphatic heterocycles. The average Bonchev–Trinajstić information content (AvgIpc) is 2.68. The van der Waals surface area contributed by atoms with Gasteiger partial charge in [-0.25, -0.2) is 4.79 Å². The quantitative estimate of drug-likeness (QED) is 0.361. The molecular weight excluding hydrogens is 484 g/mol. The smallest absolute Gasteiger partial charge is 0.360 e. The monoisotopic (exact) mass is 502 g/mol. The fourth-order valence-corrected chi connectivity index (χ4v) is 3.42. The molecule has 0 aliphatic rings. The van der Waals surface area contributed by atoms with E-state index < -0.39 is 11.6 Å². The van der Waals surface area contributed by atoms with Crippen molar-refractivity contribution >= 4 is 37.8 Å². The second-order valence-electron chi connectivity index (χ2n) is 6.56. The molecular formula is C23H20Br2O3. The molecule has 0 heterocycles. The summed E-state index contributed by atoms with van der Waals surface area (Å²) in [7, 11) is 0. The number of hydrogen-bond donors (Lipinski definition) is 0. The normalized spacial score (nSPS) is 11.3. The summed E-state index contributed by atoms with van der Waals surface area (Å²) in [6, 6.07) is 24.3. The van der Waals surface area contributed by atoms with Gasteiger partial charge >= 0.3 is 5.97 Å². The molecule has 0 unspecified atom stereocenters. The summed E-state index contributed by atoms with van der Waals surface area (Å²) in [6.07, 6.45) is -0.280. The van der Waals surface area contributed by atoms with Crippen molar-refractivity contribution < 1.29 is 14.3 Å². The highest BCUT2D eigenvalue weighted by atomic mass is 79.9. The number of ether oxygens (including phenoxy) is 2. The van der Waals surface area contributed by atoms with Crippen LogP contribution in [0, 0.1) is 0 Å². The van der Waals surface area contributed by atoms with Crippen molar-refractivity contribution in [3.05, 3.63) is 98.9 Å². The van der Waals surface area contributed by atoms with E-state index >= 15 is 0 Å². The van der Waals surface area contributed by atoms with Crippen LogP contribution in [-0.4, -0.2) is 12.1 Å². The van der Waals surface area contributed by atoms with Crippen LogP contribution in [0.5, 0.6) is 5.75 Å². The van der Waals surface area contributed by atoms with Gasteiger partial charge in [-0.15, -0.1) is 0 Å². The molecule has 28 heavy (non-hydrogen) atoms. The summed E-state index contributed by atoms with van der Waals surface area (Å²) in [5, 5.41) is 0. The minimum Gasteiger partial charge on any atom is -0.466 e. The number of esters is 1. The summed E-state index contributed by atoms with van der Waals surface area (Å²) >= 11 is 6.92. The van der Waals surface area contributed by atoms with Crippen molar-refractivity contribution in [2.45, 2.75) is 25.6 Å².